The van der Waals surface area contributed by atoms with Gasteiger partial charge in [-0.15, -0.1) is 6.58 Å². The first kappa shape index (κ1) is 30.0. The Morgan fingerprint density at radius 3 is 1.90 bits per heavy atom. The monoisotopic (exact) mass is 407 g/mol. The largest absolute Gasteiger partial charge is 0.330 e. The number of halogens is 1. The zero-order valence-electron chi connectivity index (χ0n) is 20.7. The molecule has 0 bridgehead atoms. The first-order valence-electron chi connectivity index (χ1n) is 11.7. The molecule has 1 aromatic carbocycles. The molecule has 1 unspecified atom stereocenters. The van der Waals surface area contributed by atoms with E-state index in [1.54, 1.807) is 6.07 Å². The zero-order valence-corrected chi connectivity index (χ0v) is 20.7. The number of benzene rings is 1. The van der Waals surface area contributed by atoms with Crippen LogP contribution in [-0.4, -0.2) is 6.54 Å². The third-order valence-corrected chi connectivity index (χ3v) is 4.73. The molecule has 0 saturated heterocycles. The molecule has 1 saturated carbocycles. The molecule has 0 aromatic heterocycles. The number of rotatable bonds is 5. The molecule has 170 valence electrons. The lowest BCUT2D eigenvalue weighted by Crippen LogP contribution is -2.21. The van der Waals surface area contributed by atoms with Crippen LogP contribution in [0.2, 0.25) is 0 Å². The van der Waals surface area contributed by atoms with E-state index in [1.165, 1.54) is 50.2 Å². The van der Waals surface area contributed by atoms with Gasteiger partial charge in [0.1, 0.15) is 5.82 Å². The molecule has 1 aliphatic rings. The molecule has 2 heteroatoms. The van der Waals surface area contributed by atoms with E-state index in [4.69, 9.17) is 5.73 Å². The van der Waals surface area contributed by atoms with Gasteiger partial charge in [-0.3, -0.25) is 0 Å². The standard InChI is InChI=1S/C17H26FN.C4H10.C4H8.C2H6/c1-13(16-3-2-4-17(18)11-16)5-6-14-7-9-15(12-19)10-8-14;2*1-4(2)3;1-2/h2-4,11,13-15H,5-10,12,19H2,1H3;4H,1-3H3;1H2,2-3H3;1-2H3. The lowest BCUT2D eigenvalue weighted by atomic mass is 9.78. The summed E-state index contributed by atoms with van der Waals surface area (Å²) in [4.78, 5) is 0. The van der Waals surface area contributed by atoms with Crippen molar-refractivity contribution in [1.29, 1.82) is 0 Å². The highest BCUT2D eigenvalue weighted by atomic mass is 19.1. The predicted molar refractivity (Wildman–Crippen MR) is 131 cm³/mol. The summed E-state index contributed by atoms with van der Waals surface area (Å²) >= 11 is 0. The average molecular weight is 408 g/mol. The van der Waals surface area contributed by atoms with Gasteiger partial charge in [-0.05, 0) is 87.4 Å². The Balaban J connectivity index is 0. The fourth-order valence-electron chi connectivity index (χ4n) is 3.22. The molecule has 0 aliphatic heterocycles. The Morgan fingerprint density at radius 2 is 1.48 bits per heavy atom. The number of hydrogen-bond donors (Lipinski definition) is 1. The smallest absolute Gasteiger partial charge is 0.123 e. The molecule has 1 atom stereocenters. The summed E-state index contributed by atoms with van der Waals surface area (Å²) in [6.45, 7) is 21.1. The summed E-state index contributed by atoms with van der Waals surface area (Å²) in [5.41, 5.74) is 8.03. The summed E-state index contributed by atoms with van der Waals surface area (Å²) < 4.78 is 13.2. The van der Waals surface area contributed by atoms with Crippen molar-refractivity contribution in [2.75, 3.05) is 6.54 Å². The highest BCUT2D eigenvalue weighted by Crippen LogP contribution is 2.33. The minimum absolute atomic E-state index is 0.118. The van der Waals surface area contributed by atoms with Crippen LogP contribution in [0.15, 0.2) is 36.4 Å². The normalized spacial score (nSPS) is 18.9. The van der Waals surface area contributed by atoms with Crippen molar-refractivity contribution in [2.24, 2.45) is 23.5 Å². The van der Waals surface area contributed by atoms with Gasteiger partial charge in [-0.2, -0.15) is 0 Å². The molecule has 0 amide bonds. The molecule has 0 heterocycles. The van der Waals surface area contributed by atoms with Crippen LogP contribution in [0.5, 0.6) is 0 Å². The van der Waals surface area contributed by atoms with Gasteiger partial charge >= 0.3 is 0 Å². The summed E-state index contributed by atoms with van der Waals surface area (Å²) in [5.74, 6) is 2.80. The fraction of sp³-hybridized carbons (Fsp3) is 0.704. The highest BCUT2D eigenvalue weighted by molar-refractivity contribution is 5.19. The maximum Gasteiger partial charge on any atom is 0.123 e. The molecular weight excluding hydrogens is 357 g/mol. The lowest BCUT2D eigenvalue weighted by Gasteiger charge is -2.28. The molecule has 1 aliphatic carbocycles. The second kappa shape index (κ2) is 18.9. The number of allylic oxidation sites excluding steroid dienone is 1. The van der Waals surface area contributed by atoms with E-state index in [-0.39, 0.29) is 5.82 Å². The van der Waals surface area contributed by atoms with Crippen LogP contribution in [0.25, 0.3) is 0 Å². The van der Waals surface area contributed by atoms with E-state index >= 15 is 0 Å². The van der Waals surface area contributed by atoms with Gasteiger partial charge < -0.3 is 5.73 Å². The van der Waals surface area contributed by atoms with Crippen LogP contribution < -0.4 is 5.73 Å². The van der Waals surface area contributed by atoms with Crippen LogP contribution in [0, 0.1) is 23.6 Å². The topological polar surface area (TPSA) is 26.0 Å². The van der Waals surface area contributed by atoms with Crippen LogP contribution in [0.3, 0.4) is 0 Å². The Labute approximate surface area is 182 Å². The Kier molecular flexibility index (Phi) is 19.5. The minimum atomic E-state index is -0.118. The van der Waals surface area contributed by atoms with Gasteiger partial charge in [0, 0.05) is 0 Å². The van der Waals surface area contributed by atoms with Gasteiger partial charge in [0.25, 0.3) is 0 Å². The highest BCUT2D eigenvalue weighted by Gasteiger charge is 2.20. The van der Waals surface area contributed by atoms with Crippen molar-refractivity contribution >= 4 is 0 Å². The van der Waals surface area contributed by atoms with Crippen molar-refractivity contribution in [3.05, 3.63) is 47.8 Å². The maximum atomic E-state index is 13.2. The quantitative estimate of drug-likeness (QED) is 0.485. The van der Waals surface area contributed by atoms with Gasteiger partial charge in [-0.1, -0.05) is 72.1 Å². The van der Waals surface area contributed by atoms with Crippen molar-refractivity contribution < 1.29 is 4.39 Å². The van der Waals surface area contributed by atoms with E-state index in [2.05, 4.69) is 34.3 Å². The summed E-state index contributed by atoms with van der Waals surface area (Å²) in [7, 11) is 0. The summed E-state index contributed by atoms with van der Waals surface area (Å²) in [5, 5.41) is 0. The predicted octanol–water partition coefficient (Wildman–Crippen LogP) is 8.75. The second-order valence-corrected chi connectivity index (χ2v) is 9.10. The fourth-order valence-corrected chi connectivity index (χ4v) is 3.22. The van der Waals surface area contributed by atoms with Crippen LogP contribution in [0.4, 0.5) is 4.39 Å². The van der Waals surface area contributed by atoms with E-state index in [9.17, 15) is 4.39 Å². The molecule has 1 nitrogen and oxygen atoms in total. The third-order valence-electron chi connectivity index (χ3n) is 4.73. The van der Waals surface area contributed by atoms with Gasteiger partial charge in [0.2, 0.25) is 0 Å². The molecule has 1 aromatic rings. The molecule has 2 N–H and O–H groups in total. The SMILES string of the molecule is C=C(C)C.CC.CC(C)C.CC(CCC1CCC(CN)CC1)c1cccc(F)c1. The molecular formula is C27H50FN. The van der Waals surface area contributed by atoms with Crippen LogP contribution in [0.1, 0.15) is 105 Å². The number of nitrogens with two attached hydrogens (primary N) is 1. The van der Waals surface area contributed by atoms with Crippen molar-refractivity contribution in [2.45, 2.75) is 99.8 Å². The van der Waals surface area contributed by atoms with Crippen molar-refractivity contribution in [3.63, 3.8) is 0 Å². The van der Waals surface area contributed by atoms with Crippen molar-refractivity contribution in [3.8, 4) is 0 Å². The lowest BCUT2D eigenvalue weighted by molar-refractivity contribution is 0.261. The van der Waals surface area contributed by atoms with Crippen LogP contribution >= 0.6 is 0 Å². The van der Waals surface area contributed by atoms with E-state index in [0.29, 0.717) is 5.92 Å². The average Bonchev–Trinajstić information content (AvgIpc) is 2.67. The Morgan fingerprint density at radius 1 is 1.03 bits per heavy atom. The first-order chi connectivity index (χ1) is 13.6. The molecule has 0 spiro atoms. The molecule has 1 fully saturated rings. The number of hydrogen-bond acceptors (Lipinski definition) is 1. The van der Waals surface area contributed by atoms with Gasteiger partial charge in [-0.25, -0.2) is 4.39 Å². The maximum absolute atomic E-state index is 13.2. The van der Waals surface area contributed by atoms with Crippen molar-refractivity contribution in [1.82, 2.24) is 0 Å². The van der Waals surface area contributed by atoms with E-state index in [1.807, 2.05) is 39.8 Å². The second-order valence-electron chi connectivity index (χ2n) is 9.10. The molecule has 2 rings (SSSR count). The van der Waals surface area contributed by atoms with E-state index in [0.717, 1.165) is 29.9 Å². The van der Waals surface area contributed by atoms with Crippen LogP contribution in [-0.2, 0) is 0 Å². The third kappa shape index (κ3) is 18.6. The Bertz CT molecular complexity index is 494. The van der Waals surface area contributed by atoms with E-state index < -0.39 is 0 Å². The van der Waals surface area contributed by atoms with Gasteiger partial charge in [0.15, 0.2) is 0 Å². The molecule has 29 heavy (non-hydrogen) atoms. The molecule has 0 radical (unpaired) electrons. The Hall–Kier alpha value is -1.15. The summed E-state index contributed by atoms with van der Waals surface area (Å²) in [6, 6.07) is 7.05. The first-order valence-corrected chi connectivity index (χ1v) is 11.7. The zero-order chi connectivity index (χ0) is 22.8. The summed E-state index contributed by atoms with van der Waals surface area (Å²) in [6.07, 6.45) is 7.71. The van der Waals surface area contributed by atoms with Gasteiger partial charge in [0.05, 0.1) is 0 Å². The minimum Gasteiger partial charge on any atom is -0.330 e.